The lowest BCUT2D eigenvalue weighted by Crippen LogP contribution is -2.55. The highest BCUT2D eigenvalue weighted by Gasteiger charge is 2.42. The van der Waals surface area contributed by atoms with E-state index >= 15 is 0 Å². The van der Waals surface area contributed by atoms with Gasteiger partial charge in [0.05, 0.1) is 19.8 Å². The molecule has 186 valence electrons. The zero-order chi connectivity index (χ0) is 23.8. The molecule has 2 aliphatic heterocycles. The van der Waals surface area contributed by atoms with Crippen LogP contribution >= 0.6 is 0 Å². The zero-order valence-electron chi connectivity index (χ0n) is 16.4. The van der Waals surface area contributed by atoms with Crippen LogP contribution < -0.4 is 0 Å². The molecule has 7 N–H and O–H groups in total. The zero-order valence-corrected chi connectivity index (χ0v) is 16.4. The van der Waals surface area contributed by atoms with Crippen molar-refractivity contribution in [2.45, 2.75) is 68.4 Å². The van der Waals surface area contributed by atoms with E-state index in [9.17, 15) is 40.2 Å². The summed E-state index contributed by atoms with van der Waals surface area (Å²) >= 11 is 0. The van der Waals surface area contributed by atoms with Crippen molar-refractivity contribution in [2.24, 2.45) is 0 Å². The Hall–Kier alpha value is -1.22. The van der Waals surface area contributed by atoms with E-state index in [2.05, 4.69) is 0 Å². The predicted octanol–water partition coefficient (Wildman–Crippen LogP) is -5.77. The molecule has 16 nitrogen and oxygen atoms in total. The SMILES string of the molecule is O=CC(OC(CO)C(C=O)O[C@H]1OC(CO)[C@@H](O)OC1O)O[C@H]1OC(O)[C@@H](O)OC1CO. The van der Waals surface area contributed by atoms with E-state index in [0.29, 0.717) is 0 Å². The second kappa shape index (κ2) is 12.9. The van der Waals surface area contributed by atoms with Gasteiger partial charge in [0.15, 0.2) is 25.2 Å². The van der Waals surface area contributed by atoms with Crippen LogP contribution in [0.1, 0.15) is 0 Å². The summed E-state index contributed by atoms with van der Waals surface area (Å²) in [7, 11) is 0. The van der Waals surface area contributed by atoms with Crippen molar-refractivity contribution in [2.75, 3.05) is 19.8 Å². The molecule has 0 spiro atoms. The topological polar surface area (TPSA) is 240 Å². The molecule has 0 saturated carbocycles. The first-order chi connectivity index (χ1) is 15.3. The third-order valence-corrected chi connectivity index (χ3v) is 4.29. The lowest BCUT2D eigenvalue weighted by Gasteiger charge is -2.38. The number of aliphatic hydroxyl groups excluding tert-OH is 7. The third kappa shape index (κ3) is 6.89. The Labute approximate surface area is 180 Å². The molecule has 0 aromatic rings. The highest BCUT2D eigenvalue weighted by Crippen LogP contribution is 2.23. The lowest BCUT2D eigenvalue weighted by molar-refractivity contribution is -0.406. The summed E-state index contributed by atoms with van der Waals surface area (Å²) in [6.45, 7) is -2.35. The molecule has 0 aromatic carbocycles. The highest BCUT2D eigenvalue weighted by atomic mass is 16.8. The van der Waals surface area contributed by atoms with Crippen LogP contribution in [0.5, 0.6) is 0 Å². The quantitative estimate of drug-likeness (QED) is 0.103. The van der Waals surface area contributed by atoms with Crippen LogP contribution in [0.15, 0.2) is 0 Å². The van der Waals surface area contributed by atoms with Gasteiger partial charge in [-0.05, 0) is 0 Å². The van der Waals surface area contributed by atoms with E-state index in [1.165, 1.54) is 0 Å². The average Bonchev–Trinajstić information content (AvgIpc) is 2.78. The van der Waals surface area contributed by atoms with Crippen molar-refractivity contribution in [1.29, 1.82) is 0 Å². The summed E-state index contributed by atoms with van der Waals surface area (Å²) in [6.07, 6.45) is -18.0. The number of aliphatic hydroxyl groups is 7. The molecule has 0 bridgehead atoms. The van der Waals surface area contributed by atoms with Crippen molar-refractivity contribution < 1.29 is 78.5 Å². The summed E-state index contributed by atoms with van der Waals surface area (Å²) in [4.78, 5) is 22.8. The van der Waals surface area contributed by atoms with Crippen LogP contribution in [0, 0.1) is 0 Å². The molecule has 0 aromatic heterocycles. The molecule has 2 saturated heterocycles. The van der Waals surface area contributed by atoms with Crippen LogP contribution in [-0.4, -0.2) is 137 Å². The number of aldehydes is 2. The van der Waals surface area contributed by atoms with Crippen LogP contribution in [-0.2, 0) is 42.7 Å². The molecule has 0 amide bonds. The largest absolute Gasteiger partial charge is 0.394 e. The standard InChI is InChI=1S/C16H26O16/c17-1-6(7(2-18)28-16-14(25)31-11(22)8(3-19)29-16)26-10(5-21)30-15-9(4-20)27-12(23)13(24)32-15/h2,5-17,19-20,22-25H,1,3-4H2/t6?,7?,8?,9?,10?,11-,12-,13?,14?,15-,16-/m0/s1. The van der Waals surface area contributed by atoms with Crippen LogP contribution in [0.4, 0.5) is 0 Å². The van der Waals surface area contributed by atoms with Gasteiger partial charge in [0.2, 0.25) is 31.5 Å². The van der Waals surface area contributed by atoms with Crippen molar-refractivity contribution in [3.05, 3.63) is 0 Å². The number of rotatable bonds is 12. The van der Waals surface area contributed by atoms with E-state index in [-0.39, 0.29) is 12.6 Å². The molecule has 2 heterocycles. The van der Waals surface area contributed by atoms with E-state index < -0.39 is 88.3 Å². The minimum Gasteiger partial charge on any atom is -0.394 e. The van der Waals surface area contributed by atoms with E-state index in [1.54, 1.807) is 0 Å². The molecule has 2 aliphatic rings. The van der Waals surface area contributed by atoms with Crippen molar-refractivity contribution >= 4 is 12.6 Å². The maximum atomic E-state index is 11.5. The fourth-order valence-corrected chi connectivity index (χ4v) is 2.67. The van der Waals surface area contributed by atoms with Crippen LogP contribution in [0.25, 0.3) is 0 Å². The normalized spacial score (nSPS) is 38.6. The summed E-state index contributed by atoms with van der Waals surface area (Å²) in [5.41, 5.74) is 0. The Balaban J connectivity index is 2.01. The van der Waals surface area contributed by atoms with Crippen LogP contribution in [0.2, 0.25) is 0 Å². The molecule has 11 atom stereocenters. The van der Waals surface area contributed by atoms with E-state index in [1.807, 2.05) is 0 Å². The van der Waals surface area contributed by atoms with Gasteiger partial charge < -0.3 is 73.7 Å². The second-order valence-corrected chi connectivity index (χ2v) is 6.52. The summed E-state index contributed by atoms with van der Waals surface area (Å²) in [5.74, 6) is 0. The Kier molecular flexibility index (Phi) is 10.9. The second-order valence-electron chi connectivity index (χ2n) is 6.52. The molecule has 0 radical (unpaired) electrons. The Morgan fingerprint density at radius 3 is 1.94 bits per heavy atom. The van der Waals surface area contributed by atoms with Gasteiger partial charge in [0.1, 0.15) is 24.4 Å². The monoisotopic (exact) mass is 474 g/mol. The molecule has 2 fully saturated rings. The predicted molar refractivity (Wildman–Crippen MR) is 91.5 cm³/mol. The molecule has 7 unspecified atom stereocenters. The van der Waals surface area contributed by atoms with Gasteiger partial charge in [-0.1, -0.05) is 0 Å². The first-order valence-electron chi connectivity index (χ1n) is 9.31. The van der Waals surface area contributed by atoms with Gasteiger partial charge in [-0.3, -0.25) is 4.79 Å². The summed E-state index contributed by atoms with van der Waals surface area (Å²) in [5, 5.41) is 66.1. The van der Waals surface area contributed by atoms with Crippen LogP contribution in [0.3, 0.4) is 0 Å². The molecule has 0 aliphatic carbocycles. The number of hydrogen-bond acceptors (Lipinski definition) is 16. The minimum absolute atomic E-state index is 0.0902. The van der Waals surface area contributed by atoms with Gasteiger partial charge in [-0.25, -0.2) is 0 Å². The maximum Gasteiger partial charge on any atom is 0.217 e. The number of hydrogen-bond donors (Lipinski definition) is 7. The van der Waals surface area contributed by atoms with E-state index in [4.69, 9.17) is 38.3 Å². The van der Waals surface area contributed by atoms with Gasteiger partial charge in [-0.15, -0.1) is 0 Å². The highest BCUT2D eigenvalue weighted by molar-refractivity contribution is 5.58. The van der Waals surface area contributed by atoms with E-state index in [0.717, 1.165) is 0 Å². The van der Waals surface area contributed by atoms with Crippen molar-refractivity contribution in [3.63, 3.8) is 0 Å². The maximum absolute atomic E-state index is 11.5. The van der Waals surface area contributed by atoms with Gasteiger partial charge in [0.25, 0.3) is 0 Å². The summed E-state index contributed by atoms with van der Waals surface area (Å²) in [6, 6.07) is 0. The summed E-state index contributed by atoms with van der Waals surface area (Å²) < 4.78 is 35.0. The van der Waals surface area contributed by atoms with Gasteiger partial charge >= 0.3 is 0 Å². The fraction of sp³-hybridized carbons (Fsp3) is 0.875. The van der Waals surface area contributed by atoms with Gasteiger partial charge in [0, 0.05) is 0 Å². The first-order valence-corrected chi connectivity index (χ1v) is 9.31. The lowest BCUT2D eigenvalue weighted by atomic mass is 10.2. The Morgan fingerprint density at radius 1 is 0.719 bits per heavy atom. The fourth-order valence-electron chi connectivity index (χ4n) is 2.67. The van der Waals surface area contributed by atoms with Gasteiger partial charge in [-0.2, -0.15) is 0 Å². The Bertz CT molecular complexity index is 578. The number of carbonyl (C=O) groups excluding carboxylic acids is 2. The third-order valence-electron chi connectivity index (χ3n) is 4.29. The molecule has 2 rings (SSSR count). The van der Waals surface area contributed by atoms with Crippen molar-refractivity contribution in [3.8, 4) is 0 Å². The minimum atomic E-state index is -1.88. The van der Waals surface area contributed by atoms with Crippen molar-refractivity contribution in [1.82, 2.24) is 0 Å². The molecular formula is C16H26O16. The number of carbonyl (C=O) groups is 2. The molecule has 16 heteroatoms. The first kappa shape index (κ1) is 27.0. The average molecular weight is 474 g/mol. The molecular weight excluding hydrogens is 448 g/mol. The Morgan fingerprint density at radius 2 is 1.38 bits per heavy atom. The number of ether oxygens (including phenoxy) is 7. The smallest absolute Gasteiger partial charge is 0.217 e. The molecule has 32 heavy (non-hydrogen) atoms.